The van der Waals surface area contributed by atoms with Crippen LogP contribution in [0.4, 0.5) is 10.1 Å². The number of carbonyl (C=O) groups is 1. The molecule has 2 atom stereocenters. The molecule has 1 saturated heterocycles. The number of hydrogen-bond acceptors (Lipinski definition) is 7. The number of halogens is 1. The fraction of sp³-hybridized carbons (Fsp3) is 0.269. The normalized spacial score (nSPS) is 19.2. The Hall–Kier alpha value is -4.38. The van der Waals surface area contributed by atoms with Crippen molar-refractivity contribution in [1.29, 1.82) is 0 Å². The highest BCUT2D eigenvalue weighted by Crippen LogP contribution is 2.43. The van der Waals surface area contributed by atoms with Gasteiger partial charge in [0.25, 0.3) is 5.91 Å². The predicted molar refractivity (Wildman–Crippen MR) is 131 cm³/mol. The zero-order valence-corrected chi connectivity index (χ0v) is 19.8. The molecule has 186 valence electrons. The minimum absolute atomic E-state index is 0.265. The minimum atomic E-state index is -0.916. The number of rotatable bonds is 6. The number of aryl methyl sites for hydroxylation is 1. The van der Waals surface area contributed by atoms with Gasteiger partial charge in [-0.15, -0.1) is 0 Å². The second-order valence-electron chi connectivity index (χ2n) is 9.50. The molecule has 0 bridgehead atoms. The Kier molecular flexibility index (Phi) is 4.93. The van der Waals surface area contributed by atoms with Gasteiger partial charge in [0.15, 0.2) is 0 Å². The molecule has 1 saturated carbocycles. The Bertz CT molecular complexity index is 1650. The van der Waals surface area contributed by atoms with E-state index in [4.69, 9.17) is 9.26 Å². The number of alkyl halides is 1. The fourth-order valence-corrected chi connectivity index (χ4v) is 4.41. The molecule has 1 N–H and O–H groups in total. The minimum Gasteiger partial charge on any atom is -0.377 e. The number of benzene rings is 1. The summed E-state index contributed by atoms with van der Waals surface area (Å²) in [4.78, 5) is 17.7. The average molecular weight is 500 g/mol. The van der Waals surface area contributed by atoms with Gasteiger partial charge in [0.05, 0.1) is 48.6 Å². The molecule has 37 heavy (non-hydrogen) atoms. The molecule has 2 aliphatic rings. The molecule has 5 heterocycles. The van der Waals surface area contributed by atoms with Gasteiger partial charge in [-0.3, -0.25) is 9.48 Å². The smallest absolute Gasteiger partial charge is 0.259 e. The van der Waals surface area contributed by atoms with Crippen molar-refractivity contribution >= 4 is 17.1 Å². The number of fused-ring (bicyclic) bond motifs is 1. The topological polar surface area (TPSA) is 112 Å². The van der Waals surface area contributed by atoms with Crippen molar-refractivity contribution in [3.63, 3.8) is 0 Å². The van der Waals surface area contributed by atoms with Gasteiger partial charge in [0, 0.05) is 29.2 Å². The predicted octanol–water partition coefficient (Wildman–Crippen LogP) is 4.21. The molecule has 5 aromatic rings. The highest BCUT2D eigenvalue weighted by atomic mass is 19.1. The number of nitrogens with one attached hydrogen (secondary N) is 1. The number of ether oxygens (including phenoxy) is 1. The fourth-order valence-electron chi connectivity index (χ4n) is 4.41. The van der Waals surface area contributed by atoms with Crippen LogP contribution in [0.15, 0.2) is 59.6 Å². The van der Waals surface area contributed by atoms with Crippen molar-refractivity contribution in [2.45, 2.75) is 31.5 Å². The maximum atomic E-state index is 13.4. The number of amides is 1. The Labute approximate surface area is 210 Å². The van der Waals surface area contributed by atoms with E-state index in [2.05, 4.69) is 25.7 Å². The van der Waals surface area contributed by atoms with E-state index in [9.17, 15) is 9.18 Å². The van der Waals surface area contributed by atoms with Crippen LogP contribution >= 0.6 is 0 Å². The van der Waals surface area contributed by atoms with Gasteiger partial charge in [-0.1, -0.05) is 17.3 Å². The molecule has 1 aromatic carbocycles. The Morgan fingerprint density at radius 3 is 2.76 bits per heavy atom. The second kappa shape index (κ2) is 8.34. The second-order valence-corrected chi connectivity index (χ2v) is 9.50. The van der Waals surface area contributed by atoms with Crippen LogP contribution in [-0.2, 0) is 4.74 Å². The number of anilines is 1. The van der Waals surface area contributed by atoms with Gasteiger partial charge < -0.3 is 14.6 Å². The first kappa shape index (κ1) is 21.9. The molecular weight excluding hydrogens is 477 g/mol. The van der Waals surface area contributed by atoms with Crippen LogP contribution in [0.25, 0.3) is 28.0 Å². The summed E-state index contributed by atoms with van der Waals surface area (Å²) in [5, 5.41) is 15.8. The molecule has 11 heteroatoms. The van der Waals surface area contributed by atoms with Crippen LogP contribution in [0.5, 0.6) is 0 Å². The van der Waals surface area contributed by atoms with E-state index in [1.165, 1.54) is 0 Å². The Morgan fingerprint density at radius 1 is 1.11 bits per heavy atom. The molecule has 1 aliphatic heterocycles. The molecule has 10 nitrogen and oxygen atoms in total. The number of pyridine rings is 1. The number of aromatic nitrogens is 6. The van der Waals surface area contributed by atoms with Crippen molar-refractivity contribution < 1.29 is 18.4 Å². The van der Waals surface area contributed by atoms with E-state index in [0.717, 1.165) is 16.7 Å². The lowest BCUT2D eigenvalue weighted by Crippen LogP contribution is -2.30. The van der Waals surface area contributed by atoms with Gasteiger partial charge >= 0.3 is 0 Å². The third-order valence-corrected chi connectivity index (χ3v) is 6.91. The van der Waals surface area contributed by atoms with Crippen molar-refractivity contribution in [2.75, 3.05) is 18.5 Å². The first-order valence-electron chi connectivity index (χ1n) is 12.0. The van der Waals surface area contributed by atoms with E-state index < -0.39 is 6.17 Å². The zero-order chi connectivity index (χ0) is 25.1. The maximum absolute atomic E-state index is 13.4. The molecule has 7 rings (SSSR count). The summed E-state index contributed by atoms with van der Waals surface area (Å²) in [5.41, 5.74) is 5.16. The van der Waals surface area contributed by atoms with Crippen LogP contribution in [0.3, 0.4) is 0 Å². The van der Waals surface area contributed by atoms with Crippen molar-refractivity contribution in [1.82, 2.24) is 29.5 Å². The Morgan fingerprint density at radius 2 is 1.97 bits per heavy atom. The van der Waals surface area contributed by atoms with Crippen molar-refractivity contribution in [3.05, 3.63) is 72.1 Å². The summed E-state index contributed by atoms with van der Waals surface area (Å²) in [6.07, 6.45) is 6.68. The van der Waals surface area contributed by atoms with E-state index in [1.807, 2.05) is 54.5 Å². The zero-order valence-electron chi connectivity index (χ0n) is 19.8. The maximum Gasteiger partial charge on any atom is 0.259 e. The lowest BCUT2D eigenvalue weighted by atomic mass is 10.1. The van der Waals surface area contributed by atoms with E-state index in [-0.39, 0.29) is 17.9 Å². The summed E-state index contributed by atoms with van der Waals surface area (Å²) in [5.74, 6) is 0.0660. The molecule has 1 unspecified atom stereocenters. The van der Waals surface area contributed by atoms with Gasteiger partial charge in [0.2, 0.25) is 11.7 Å². The van der Waals surface area contributed by atoms with Crippen LogP contribution in [0.2, 0.25) is 0 Å². The molecule has 1 aliphatic carbocycles. The standard InChI is InChI=1S/C26H22FN7O3/c1-14-2-3-16(24-31-26(37-32-24)19-8-21(19)27)6-22(14)30-25(35)20-10-29-33-5-4-15(7-23(20)33)17-9-28-34(11-17)18-12-36-13-18/h2-7,9-11,18-19,21H,8,12-13H2,1H3,(H,30,35)/t19-,21?/m0/s1. The van der Waals surface area contributed by atoms with Crippen LogP contribution in [-0.4, -0.2) is 54.8 Å². The van der Waals surface area contributed by atoms with Crippen LogP contribution in [0, 0.1) is 6.92 Å². The highest BCUT2D eigenvalue weighted by Gasteiger charge is 2.43. The molecule has 0 spiro atoms. The summed E-state index contributed by atoms with van der Waals surface area (Å²) < 4.78 is 27.4. The van der Waals surface area contributed by atoms with Gasteiger partial charge in [-0.05, 0) is 42.7 Å². The van der Waals surface area contributed by atoms with E-state index in [1.54, 1.807) is 16.8 Å². The van der Waals surface area contributed by atoms with Crippen LogP contribution in [0.1, 0.15) is 40.2 Å². The first-order valence-corrected chi connectivity index (χ1v) is 12.0. The summed E-state index contributed by atoms with van der Waals surface area (Å²) >= 11 is 0. The lowest BCUT2D eigenvalue weighted by molar-refractivity contribution is -0.0286. The number of carbonyl (C=O) groups excluding carboxylic acids is 1. The molecule has 4 aromatic heterocycles. The average Bonchev–Trinajstić information content (AvgIpc) is 3.29. The number of nitrogens with zero attached hydrogens (tertiary/aromatic N) is 6. The highest BCUT2D eigenvalue weighted by molar-refractivity contribution is 6.09. The number of hydrogen-bond donors (Lipinski definition) is 1. The molecule has 0 radical (unpaired) electrons. The van der Waals surface area contributed by atoms with E-state index in [0.29, 0.717) is 53.7 Å². The van der Waals surface area contributed by atoms with E-state index >= 15 is 0 Å². The summed E-state index contributed by atoms with van der Waals surface area (Å²) in [7, 11) is 0. The summed E-state index contributed by atoms with van der Waals surface area (Å²) in [6, 6.07) is 9.64. The van der Waals surface area contributed by atoms with Crippen molar-refractivity contribution in [3.8, 4) is 22.5 Å². The third kappa shape index (κ3) is 3.87. The van der Waals surface area contributed by atoms with Gasteiger partial charge in [0.1, 0.15) is 6.17 Å². The van der Waals surface area contributed by atoms with Crippen molar-refractivity contribution in [2.24, 2.45) is 0 Å². The molecular formula is C26H22FN7O3. The first-order chi connectivity index (χ1) is 18.0. The SMILES string of the molecule is Cc1ccc(-c2noc([C@H]3CC3F)n2)cc1NC(=O)c1cnn2ccc(-c3cnn(C4COC4)c3)cc12. The molecule has 2 fully saturated rings. The monoisotopic (exact) mass is 499 g/mol. The quantitative estimate of drug-likeness (QED) is 0.373. The van der Waals surface area contributed by atoms with Gasteiger partial charge in [-0.2, -0.15) is 15.2 Å². The largest absolute Gasteiger partial charge is 0.377 e. The lowest BCUT2D eigenvalue weighted by Gasteiger charge is -2.25. The third-order valence-electron chi connectivity index (χ3n) is 6.91. The Balaban J connectivity index is 1.15. The molecule has 1 amide bonds. The van der Waals surface area contributed by atoms with Crippen LogP contribution < -0.4 is 5.32 Å². The van der Waals surface area contributed by atoms with Gasteiger partial charge in [-0.25, -0.2) is 8.91 Å². The summed E-state index contributed by atoms with van der Waals surface area (Å²) in [6.45, 7) is 3.23.